The van der Waals surface area contributed by atoms with Crippen molar-refractivity contribution in [1.29, 1.82) is 0 Å². The fraction of sp³-hybridized carbons (Fsp3) is 0.900. The summed E-state index contributed by atoms with van der Waals surface area (Å²) in [5.41, 5.74) is 5.26. The first-order valence-corrected chi connectivity index (χ1v) is 5.49. The minimum Gasteiger partial charge on any atom is -0.409 e. The van der Waals surface area contributed by atoms with Crippen LogP contribution in [0.2, 0.25) is 0 Å². The lowest BCUT2D eigenvalue weighted by Crippen LogP contribution is -2.16. The van der Waals surface area contributed by atoms with Gasteiger partial charge in [0.05, 0.1) is 46.2 Å². The molecule has 0 aromatic rings. The van der Waals surface area contributed by atoms with E-state index < -0.39 is 0 Å². The quantitative estimate of drug-likeness (QED) is 0.164. The van der Waals surface area contributed by atoms with Crippen molar-refractivity contribution in [1.82, 2.24) is 0 Å². The molecule has 0 rings (SSSR count). The van der Waals surface area contributed by atoms with Gasteiger partial charge in [-0.3, -0.25) is 0 Å². The number of hydrogen-bond acceptors (Lipinski definition) is 6. The zero-order chi connectivity index (χ0) is 12.8. The van der Waals surface area contributed by atoms with E-state index in [9.17, 15) is 0 Å². The Balaban J connectivity index is 2.99. The molecule has 102 valence electrons. The van der Waals surface area contributed by atoms with Gasteiger partial charge in [0.15, 0.2) is 0 Å². The minimum atomic E-state index is 0.164. The van der Waals surface area contributed by atoms with E-state index in [-0.39, 0.29) is 5.84 Å². The molecule has 0 saturated carbocycles. The minimum absolute atomic E-state index is 0.164. The molecular formula is C10H22N2O5. The topological polar surface area (TPSA) is 95.5 Å². The first-order chi connectivity index (χ1) is 8.31. The predicted octanol–water partition coefficient (Wildman–Crippen LogP) is -0.181. The number of hydrogen-bond donors (Lipinski definition) is 2. The summed E-state index contributed by atoms with van der Waals surface area (Å²) >= 11 is 0. The van der Waals surface area contributed by atoms with E-state index in [2.05, 4.69) is 5.16 Å². The molecule has 0 aromatic carbocycles. The molecule has 0 unspecified atom stereocenters. The maximum absolute atomic E-state index is 8.26. The summed E-state index contributed by atoms with van der Waals surface area (Å²) < 4.78 is 20.5. The van der Waals surface area contributed by atoms with Crippen molar-refractivity contribution in [2.75, 3.05) is 53.4 Å². The second kappa shape index (κ2) is 13.2. The molecule has 0 aliphatic carbocycles. The van der Waals surface area contributed by atoms with Gasteiger partial charge in [0.25, 0.3) is 0 Å². The van der Waals surface area contributed by atoms with Gasteiger partial charge in [-0.25, -0.2) is 0 Å². The van der Waals surface area contributed by atoms with Gasteiger partial charge in [0, 0.05) is 13.5 Å². The Morgan fingerprint density at radius 3 is 1.88 bits per heavy atom. The Morgan fingerprint density at radius 1 is 0.941 bits per heavy atom. The number of ether oxygens (including phenoxy) is 4. The monoisotopic (exact) mass is 250 g/mol. The van der Waals surface area contributed by atoms with Crippen molar-refractivity contribution in [3.63, 3.8) is 0 Å². The Labute approximate surface area is 101 Å². The fourth-order valence-corrected chi connectivity index (χ4v) is 0.911. The molecule has 0 saturated heterocycles. The van der Waals surface area contributed by atoms with Crippen molar-refractivity contribution in [2.24, 2.45) is 10.9 Å². The molecule has 0 aliphatic rings. The van der Waals surface area contributed by atoms with Crippen molar-refractivity contribution >= 4 is 5.84 Å². The van der Waals surface area contributed by atoms with Crippen LogP contribution in [0.3, 0.4) is 0 Å². The van der Waals surface area contributed by atoms with Crippen molar-refractivity contribution in [3.8, 4) is 0 Å². The number of nitrogens with two attached hydrogens (primary N) is 1. The highest BCUT2D eigenvalue weighted by molar-refractivity contribution is 5.79. The molecule has 0 aliphatic heterocycles. The fourth-order valence-electron chi connectivity index (χ4n) is 0.911. The van der Waals surface area contributed by atoms with E-state index in [0.717, 1.165) is 0 Å². The molecule has 17 heavy (non-hydrogen) atoms. The lowest BCUT2D eigenvalue weighted by Gasteiger charge is -2.06. The molecule has 0 amide bonds. The van der Waals surface area contributed by atoms with E-state index in [0.29, 0.717) is 52.7 Å². The van der Waals surface area contributed by atoms with Crippen LogP contribution in [0.15, 0.2) is 5.16 Å². The van der Waals surface area contributed by atoms with E-state index in [4.69, 9.17) is 29.9 Å². The second-order valence-electron chi connectivity index (χ2n) is 3.17. The molecular weight excluding hydrogens is 228 g/mol. The molecule has 7 nitrogen and oxygen atoms in total. The van der Waals surface area contributed by atoms with Crippen molar-refractivity contribution in [3.05, 3.63) is 0 Å². The Morgan fingerprint density at radius 2 is 1.41 bits per heavy atom. The summed E-state index contributed by atoms with van der Waals surface area (Å²) in [6.07, 6.45) is 0.413. The van der Waals surface area contributed by atoms with Crippen LogP contribution >= 0.6 is 0 Å². The lowest BCUT2D eigenvalue weighted by atomic mass is 10.4. The summed E-state index contributed by atoms with van der Waals surface area (Å²) in [5, 5.41) is 11.1. The van der Waals surface area contributed by atoms with E-state index in [1.807, 2.05) is 0 Å². The second-order valence-corrected chi connectivity index (χ2v) is 3.17. The van der Waals surface area contributed by atoms with Gasteiger partial charge in [-0.2, -0.15) is 0 Å². The van der Waals surface area contributed by atoms with E-state index >= 15 is 0 Å². The summed E-state index contributed by atoms with van der Waals surface area (Å²) in [6, 6.07) is 0. The van der Waals surface area contributed by atoms with Crippen LogP contribution in [0, 0.1) is 0 Å². The molecule has 0 aromatic heterocycles. The predicted molar refractivity (Wildman–Crippen MR) is 62.4 cm³/mol. The lowest BCUT2D eigenvalue weighted by molar-refractivity contribution is 0.00449. The SMILES string of the molecule is COCCOCCOCCOCCC(N)=NO. The number of methoxy groups -OCH3 is 1. The average Bonchev–Trinajstić information content (AvgIpc) is 2.35. The largest absolute Gasteiger partial charge is 0.409 e. The molecule has 0 heterocycles. The van der Waals surface area contributed by atoms with Gasteiger partial charge in [0.1, 0.15) is 5.84 Å². The third kappa shape index (κ3) is 13.0. The summed E-state index contributed by atoms with van der Waals surface area (Å²) in [6.45, 7) is 3.66. The number of nitrogens with zero attached hydrogens (tertiary/aromatic N) is 1. The van der Waals surface area contributed by atoms with Crippen LogP contribution in [0.25, 0.3) is 0 Å². The van der Waals surface area contributed by atoms with Crippen LogP contribution in [0.4, 0.5) is 0 Å². The number of rotatable bonds is 12. The standard InChI is InChI=1S/C10H22N2O5/c1-14-4-5-16-8-9-17-7-6-15-3-2-10(11)12-13/h13H,2-9H2,1H3,(H2,11,12). The summed E-state index contributed by atoms with van der Waals surface area (Å²) in [5.74, 6) is 0.164. The van der Waals surface area contributed by atoms with Gasteiger partial charge in [-0.1, -0.05) is 5.16 Å². The smallest absolute Gasteiger partial charge is 0.141 e. The van der Waals surface area contributed by atoms with Gasteiger partial charge in [-0.05, 0) is 0 Å². The van der Waals surface area contributed by atoms with Crippen molar-refractivity contribution in [2.45, 2.75) is 6.42 Å². The van der Waals surface area contributed by atoms with Crippen LogP contribution in [-0.4, -0.2) is 64.4 Å². The molecule has 7 heteroatoms. The van der Waals surface area contributed by atoms with E-state index in [1.54, 1.807) is 7.11 Å². The zero-order valence-corrected chi connectivity index (χ0v) is 10.3. The summed E-state index contributed by atoms with van der Waals surface area (Å²) in [7, 11) is 1.63. The summed E-state index contributed by atoms with van der Waals surface area (Å²) in [4.78, 5) is 0. The third-order valence-electron chi connectivity index (χ3n) is 1.81. The van der Waals surface area contributed by atoms with Gasteiger partial charge >= 0.3 is 0 Å². The molecule has 0 spiro atoms. The Kier molecular flexibility index (Phi) is 12.5. The maximum Gasteiger partial charge on any atom is 0.141 e. The Hall–Kier alpha value is -0.890. The normalized spacial score (nSPS) is 11.9. The maximum atomic E-state index is 8.26. The highest BCUT2D eigenvalue weighted by Gasteiger charge is 1.94. The van der Waals surface area contributed by atoms with Gasteiger partial charge in [0.2, 0.25) is 0 Å². The zero-order valence-electron chi connectivity index (χ0n) is 10.3. The highest BCUT2D eigenvalue weighted by Crippen LogP contribution is 1.85. The van der Waals surface area contributed by atoms with E-state index in [1.165, 1.54) is 0 Å². The molecule has 0 fully saturated rings. The van der Waals surface area contributed by atoms with Crippen LogP contribution < -0.4 is 5.73 Å². The third-order valence-corrected chi connectivity index (χ3v) is 1.81. The first-order valence-electron chi connectivity index (χ1n) is 5.49. The average molecular weight is 250 g/mol. The van der Waals surface area contributed by atoms with Crippen LogP contribution in [0.1, 0.15) is 6.42 Å². The van der Waals surface area contributed by atoms with Crippen molar-refractivity contribution < 1.29 is 24.2 Å². The number of oxime groups is 1. The van der Waals surface area contributed by atoms with Crippen LogP contribution in [-0.2, 0) is 18.9 Å². The highest BCUT2D eigenvalue weighted by atomic mass is 16.6. The van der Waals surface area contributed by atoms with Gasteiger partial charge in [-0.15, -0.1) is 0 Å². The number of amidine groups is 1. The first kappa shape index (κ1) is 16.1. The molecule has 0 bridgehead atoms. The molecule has 0 radical (unpaired) electrons. The Bertz CT molecular complexity index is 190. The molecule has 3 N–H and O–H groups in total. The van der Waals surface area contributed by atoms with Gasteiger partial charge < -0.3 is 29.9 Å². The van der Waals surface area contributed by atoms with Crippen LogP contribution in [0.5, 0.6) is 0 Å². The molecule has 0 atom stereocenters.